The molecule has 140 valence electrons. The maximum Gasteiger partial charge on any atom is 0.330 e. The summed E-state index contributed by atoms with van der Waals surface area (Å²) in [6, 6.07) is 1.94. The van der Waals surface area contributed by atoms with Crippen LogP contribution in [-0.2, 0) is 19.1 Å². The lowest BCUT2D eigenvalue weighted by atomic mass is 9.96. The fourth-order valence-electron chi connectivity index (χ4n) is 3.20. The molecule has 2 aliphatic heterocycles. The second-order valence-corrected chi connectivity index (χ2v) is 6.33. The number of ether oxygens (including phenoxy) is 2. The third-order valence-corrected chi connectivity index (χ3v) is 4.73. The molecular weight excluding hydrogens is 336 g/mol. The number of esters is 1. The van der Waals surface area contributed by atoms with E-state index in [2.05, 4.69) is 14.6 Å². The molecule has 2 fully saturated rings. The number of carbonyl (C=O) groups excluding carboxylic acids is 2. The molecule has 3 rings (SSSR count). The lowest BCUT2D eigenvalue weighted by Crippen LogP contribution is -2.38. The topological polar surface area (TPSA) is 84.9 Å². The molecule has 8 heteroatoms. The summed E-state index contributed by atoms with van der Waals surface area (Å²) in [5, 5.41) is 0. The van der Waals surface area contributed by atoms with Crippen molar-refractivity contribution in [3.8, 4) is 0 Å². The SMILES string of the molecule is COC(=O)/C=C/C(=O)N1CCC(c2nccc(N3CCOCC3)n2)CC1. The smallest absolute Gasteiger partial charge is 0.330 e. The molecule has 8 nitrogen and oxygen atoms in total. The zero-order valence-corrected chi connectivity index (χ0v) is 15.0. The summed E-state index contributed by atoms with van der Waals surface area (Å²) in [5.74, 6) is 1.33. The van der Waals surface area contributed by atoms with Crippen LogP contribution >= 0.6 is 0 Å². The van der Waals surface area contributed by atoms with Crippen LogP contribution in [0.25, 0.3) is 0 Å². The Hall–Kier alpha value is -2.48. The van der Waals surface area contributed by atoms with E-state index in [0.29, 0.717) is 13.1 Å². The molecule has 3 heterocycles. The molecule has 0 bridgehead atoms. The van der Waals surface area contributed by atoms with E-state index in [0.717, 1.165) is 56.9 Å². The van der Waals surface area contributed by atoms with Gasteiger partial charge in [-0.25, -0.2) is 14.8 Å². The van der Waals surface area contributed by atoms with Gasteiger partial charge >= 0.3 is 5.97 Å². The van der Waals surface area contributed by atoms with Gasteiger partial charge in [-0.2, -0.15) is 0 Å². The number of aromatic nitrogens is 2. The Kier molecular flexibility index (Phi) is 6.17. The normalized spacial score (nSPS) is 19.0. The summed E-state index contributed by atoms with van der Waals surface area (Å²) in [6.07, 6.45) is 5.85. The van der Waals surface area contributed by atoms with Gasteiger partial charge in [-0.15, -0.1) is 0 Å². The van der Waals surface area contributed by atoms with Crippen molar-refractivity contribution < 1.29 is 19.1 Å². The van der Waals surface area contributed by atoms with Crippen molar-refractivity contribution in [2.24, 2.45) is 0 Å². The summed E-state index contributed by atoms with van der Waals surface area (Å²) in [6.45, 7) is 4.38. The molecule has 0 saturated carbocycles. The lowest BCUT2D eigenvalue weighted by Gasteiger charge is -2.31. The Labute approximate surface area is 152 Å². The highest BCUT2D eigenvalue weighted by Crippen LogP contribution is 2.27. The molecule has 0 aromatic carbocycles. The van der Waals surface area contributed by atoms with Crippen LogP contribution in [0, 0.1) is 0 Å². The first-order chi connectivity index (χ1) is 12.7. The van der Waals surface area contributed by atoms with Crippen molar-refractivity contribution >= 4 is 17.7 Å². The fourth-order valence-corrected chi connectivity index (χ4v) is 3.20. The second-order valence-electron chi connectivity index (χ2n) is 6.33. The van der Waals surface area contributed by atoms with Crippen LogP contribution < -0.4 is 4.90 Å². The Balaban J connectivity index is 1.57. The van der Waals surface area contributed by atoms with E-state index in [1.165, 1.54) is 13.2 Å². The predicted molar refractivity (Wildman–Crippen MR) is 94.8 cm³/mol. The Morgan fingerprint density at radius 1 is 1.19 bits per heavy atom. The summed E-state index contributed by atoms with van der Waals surface area (Å²) in [4.78, 5) is 36.3. The number of likely N-dealkylation sites (tertiary alicyclic amines) is 1. The number of hydrogen-bond acceptors (Lipinski definition) is 7. The molecule has 2 saturated heterocycles. The quantitative estimate of drug-likeness (QED) is 0.578. The third kappa shape index (κ3) is 4.57. The number of piperidine rings is 1. The van der Waals surface area contributed by atoms with Crippen molar-refractivity contribution in [3.63, 3.8) is 0 Å². The van der Waals surface area contributed by atoms with E-state index >= 15 is 0 Å². The number of carbonyl (C=O) groups is 2. The Morgan fingerprint density at radius 3 is 2.62 bits per heavy atom. The van der Waals surface area contributed by atoms with Crippen molar-refractivity contribution in [1.82, 2.24) is 14.9 Å². The van der Waals surface area contributed by atoms with Gasteiger partial charge in [-0.05, 0) is 18.9 Å². The van der Waals surface area contributed by atoms with Crippen LogP contribution in [0.2, 0.25) is 0 Å². The summed E-state index contributed by atoms with van der Waals surface area (Å²) < 4.78 is 9.89. The van der Waals surface area contributed by atoms with Gasteiger partial charge in [0.2, 0.25) is 5.91 Å². The number of methoxy groups -OCH3 is 1. The Bertz CT molecular complexity index is 665. The van der Waals surface area contributed by atoms with Gasteiger partial charge in [-0.3, -0.25) is 4.79 Å². The fraction of sp³-hybridized carbons (Fsp3) is 0.556. The number of hydrogen-bond donors (Lipinski definition) is 0. The van der Waals surface area contributed by atoms with E-state index in [-0.39, 0.29) is 11.8 Å². The first-order valence-corrected chi connectivity index (χ1v) is 8.88. The molecule has 26 heavy (non-hydrogen) atoms. The van der Waals surface area contributed by atoms with Crippen molar-refractivity contribution in [1.29, 1.82) is 0 Å². The van der Waals surface area contributed by atoms with Crippen molar-refractivity contribution in [2.45, 2.75) is 18.8 Å². The number of amides is 1. The van der Waals surface area contributed by atoms with Crippen LogP contribution in [0.3, 0.4) is 0 Å². The molecule has 1 aromatic heterocycles. The van der Waals surface area contributed by atoms with E-state index < -0.39 is 5.97 Å². The number of morpholine rings is 1. The van der Waals surface area contributed by atoms with Gasteiger partial charge in [0, 0.05) is 50.4 Å². The first kappa shape index (κ1) is 18.3. The van der Waals surface area contributed by atoms with Crippen LogP contribution in [-0.4, -0.2) is 73.2 Å². The van der Waals surface area contributed by atoms with E-state index in [1.54, 1.807) is 4.90 Å². The van der Waals surface area contributed by atoms with Crippen LogP contribution in [0.1, 0.15) is 24.6 Å². The zero-order chi connectivity index (χ0) is 18.4. The average molecular weight is 360 g/mol. The Morgan fingerprint density at radius 2 is 1.92 bits per heavy atom. The van der Waals surface area contributed by atoms with Crippen LogP contribution in [0.4, 0.5) is 5.82 Å². The monoisotopic (exact) mass is 360 g/mol. The zero-order valence-electron chi connectivity index (χ0n) is 15.0. The van der Waals surface area contributed by atoms with E-state index in [9.17, 15) is 9.59 Å². The lowest BCUT2D eigenvalue weighted by molar-refractivity contribution is -0.135. The largest absolute Gasteiger partial charge is 0.466 e. The second kappa shape index (κ2) is 8.75. The first-order valence-electron chi connectivity index (χ1n) is 8.88. The summed E-state index contributed by atoms with van der Waals surface area (Å²) >= 11 is 0. The van der Waals surface area contributed by atoms with Crippen molar-refractivity contribution in [2.75, 3.05) is 51.4 Å². The maximum absolute atomic E-state index is 12.1. The maximum atomic E-state index is 12.1. The minimum Gasteiger partial charge on any atom is -0.466 e. The predicted octanol–water partition coefficient (Wildman–Crippen LogP) is 0.748. The average Bonchev–Trinajstić information content (AvgIpc) is 2.72. The minimum atomic E-state index is -0.526. The van der Waals surface area contributed by atoms with Gasteiger partial charge in [0.05, 0.1) is 20.3 Å². The molecule has 0 radical (unpaired) electrons. The summed E-state index contributed by atoms with van der Waals surface area (Å²) in [5.41, 5.74) is 0. The van der Waals surface area contributed by atoms with E-state index in [4.69, 9.17) is 9.72 Å². The van der Waals surface area contributed by atoms with Gasteiger partial charge < -0.3 is 19.3 Å². The molecule has 0 aliphatic carbocycles. The molecule has 0 atom stereocenters. The molecular formula is C18H24N4O4. The van der Waals surface area contributed by atoms with Gasteiger partial charge in [0.15, 0.2) is 0 Å². The third-order valence-electron chi connectivity index (χ3n) is 4.73. The van der Waals surface area contributed by atoms with Gasteiger partial charge in [0.1, 0.15) is 11.6 Å². The minimum absolute atomic E-state index is 0.170. The highest BCUT2D eigenvalue weighted by Gasteiger charge is 2.25. The highest BCUT2D eigenvalue weighted by atomic mass is 16.5. The van der Waals surface area contributed by atoms with Crippen LogP contribution in [0.5, 0.6) is 0 Å². The number of nitrogens with zero attached hydrogens (tertiary/aromatic N) is 4. The van der Waals surface area contributed by atoms with Gasteiger partial charge in [0.25, 0.3) is 0 Å². The van der Waals surface area contributed by atoms with Gasteiger partial charge in [-0.1, -0.05) is 0 Å². The van der Waals surface area contributed by atoms with Crippen LogP contribution in [0.15, 0.2) is 24.4 Å². The molecule has 0 spiro atoms. The molecule has 0 unspecified atom stereocenters. The molecule has 0 N–H and O–H groups in total. The number of anilines is 1. The molecule has 1 aromatic rings. The number of rotatable bonds is 4. The summed E-state index contributed by atoms with van der Waals surface area (Å²) in [7, 11) is 1.29. The molecule has 2 aliphatic rings. The van der Waals surface area contributed by atoms with Crippen molar-refractivity contribution in [3.05, 3.63) is 30.2 Å². The van der Waals surface area contributed by atoms with E-state index in [1.807, 2.05) is 12.3 Å². The highest BCUT2D eigenvalue weighted by molar-refractivity contribution is 5.94. The standard InChI is InChI=1S/C18H24N4O4/c1-25-17(24)3-2-16(23)22-8-5-14(6-9-22)18-19-7-4-15(20-18)21-10-12-26-13-11-21/h2-4,7,14H,5-6,8-13H2,1H3/b3-2+. The molecule has 1 amide bonds.